The molecule has 2 rings (SSSR count). The van der Waals surface area contributed by atoms with E-state index in [4.69, 9.17) is 0 Å². The van der Waals surface area contributed by atoms with Gasteiger partial charge in [-0.3, -0.25) is 0 Å². The molecule has 1 heteroatoms. The first-order valence-corrected chi connectivity index (χ1v) is 5.83. The SMILES string of the molecule is Cc1ccc(N(C)C(C)C2C=CC=C2)cc1. The topological polar surface area (TPSA) is 3.24 Å². The van der Waals surface area contributed by atoms with Crippen molar-refractivity contribution >= 4 is 5.69 Å². The van der Waals surface area contributed by atoms with Gasteiger partial charge in [-0.25, -0.2) is 0 Å². The Kier molecular flexibility index (Phi) is 3.14. The van der Waals surface area contributed by atoms with E-state index in [1.165, 1.54) is 11.3 Å². The Balaban J connectivity index is 2.12. The lowest BCUT2D eigenvalue weighted by atomic mass is 10.0. The minimum atomic E-state index is 0.498. The highest BCUT2D eigenvalue weighted by Crippen LogP contribution is 2.23. The summed E-state index contributed by atoms with van der Waals surface area (Å²) in [6.07, 6.45) is 8.78. The van der Waals surface area contributed by atoms with E-state index in [1.54, 1.807) is 0 Å². The highest BCUT2D eigenvalue weighted by atomic mass is 15.1. The molecule has 0 saturated carbocycles. The smallest absolute Gasteiger partial charge is 0.0366 e. The zero-order valence-corrected chi connectivity index (χ0v) is 10.2. The van der Waals surface area contributed by atoms with Gasteiger partial charge in [0.25, 0.3) is 0 Å². The predicted octanol–water partition coefficient (Wildman–Crippen LogP) is 3.56. The normalized spacial score (nSPS) is 16.7. The Morgan fingerprint density at radius 2 is 1.62 bits per heavy atom. The average molecular weight is 213 g/mol. The van der Waals surface area contributed by atoms with Crippen LogP contribution in [0.2, 0.25) is 0 Å². The molecule has 1 aromatic carbocycles. The molecule has 1 unspecified atom stereocenters. The summed E-state index contributed by atoms with van der Waals surface area (Å²) in [4.78, 5) is 2.34. The number of aryl methyl sites for hydroxylation is 1. The van der Waals surface area contributed by atoms with Crippen molar-refractivity contribution in [1.29, 1.82) is 0 Å². The summed E-state index contributed by atoms with van der Waals surface area (Å²) in [6.45, 7) is 4.39. The standard InChI is InChI=1S/C15H19N/c1-12-8-10-15(11-9-12)16(3)13(2)14-6-4-5-7-14/h4-11,13-14H,1-3H3. The molecule has 0 fully saturated rings. The summed E-state index contributed by atoms with van der Waals surface area (Å²) < 4.78 is 0. The van der Waals surface area contributed by atoms with Gasteiger partial charge in [-0.15, -0.1) is 0 Å². The molecule has 1 aliphatic rings. The van der Waals surface area contributed by atoms with Gasteiger partial charge in [0.1, 0.15) is 0 Å². The molecule has 1 aliphatic carbocycles. The maximum Gasteiger partial charge on any atom is 0.0366 e. The van der Waals surface area contributed by atoms with Crippen molar-refractivity contribution in [3.63, 3.8) is 0 Å². The van der Waals surface area contributed by atoms with Gasteiger partial charge in [0.2, 0.25) is 0 Å². The number of rotatable bonds is 3. The summed E-state index contributed by atoms with van der Waals surface area (Å²) in [5, 5.41) is 0. The molecular weight excluding hydrogens is 194 g/mol. The number of hydrogen-bond acceptors (Lipinski definition) is 1. The number of anilines is 1. The molecule has 0 bridgehead atoms. The van der Waals surface area contributed by atoms with Crippen LogP contribution in [0.5, 0.6) is 0 Å². The third-order valence-electron chi connectivity index (χ3n) is 3.39. The number of hydrogen-bond donors (Lipinski definition) is 0. The summed E-state index contributed by atoms with van der Waals surface area (Å²) in [6, 6.07) is 9.21. The summed E-state index contributed by atoms with van der Waals surface area (Å²) in [7, 11) is 2.16. The number of nitrogens with zero attached hydrogens (tertiary/aromatic N) is 1. The second kappa shape index (κ2) is 4.56. The summed E-state index contributed by atoms with van der Waals surface area (Å²) in [5.74, 6) is 0.534. The first-order chi connectivity index (χ1) is 7.68. The van der Waals surface area contributed by atoms with Crippen molar-refractivity contribution in [3.8, 4) is 0 Å². The van der Waals surface area contributed by atoms with Gasteiger partial charge in [0.05, 0.1) is 0 Å². The molecule has 1 aromatic rings. The van der Waals surface area contributed by atoms with Crippen molar-refractivity contribution < 1.29 is 0 Å². The maximum absolute atomic E-state index is 2.34. The molecule has 84 valence electrons. The first kappa shape index (κ1) is 11.0. The van der Waals surface area contributed by atoms with E-state index in [2.05, 4.69) is 74.4 Å². The van der Waals surface area contributed by atoms with Crippen molar-refractivity contribution in [2.45, 2.75) is 19.9 Å². The average Bonchev–Trinajstić information content (AvgIpc) is 2.81. The Labute approximate surface area is 98.1 Å². The van der Waals surface area contributed by atoms with Crippen LogP contribution in [0, 0.1) is 12.8 Å². The Hall–Kier alpha value is -1.50. The van der Waals surface area contributed by atoms with Gasteiger partial charge in [-0.1, -0.05) is 42.0 Å². The van der Waals surface area contributed by atoms with E-state index in [0.717, 1.165) is 0 Å². The Bertz CT molecular complexity index is 388. The first-order valence-electron chi connectivity index (χ1n) is 5.83. The van der Waals surface area contributed by atoms with Crippen molar-refractivity contribution in [3.05, 3.63) is 54.1 Å². The minimum absolute atomic E-state index is 0.498. The highest BCUT2D eigenvalue weighted by Gasteiger charge is 2.18. The van der Waals surface area contributed by atoms with E-state index in [9.17, 15) is 0 Å². The number of allylic oxidation sites excluding steroid dienone is 2. The van der Waals surface area contributed by atoms with Crippen LogP contribution in [0.1, 0.15) is 12.5 Å². The van der Waals surface area contributed by atoms with Crippen LogP contribution in [0.4, 0.5) is 5.69 Å². The molecule has 16 heavy (non-hydrogen) atoms. The highest BCUT2D eigenvalue weighted by molar-refractivity contribution is 5.48. The Morgan fingerprint density at radius 1 is 1.06 bits per heavy atom. The van der Waals surface area contributed by atoms with Gasteiger partial charge >= 0.3 is 0 Å². The van der Waals surface area contributed by atoms with Gasteiger partial charge in [0.15, 0.2) is 0 Å². The van der Waals surface area contributed by atoms with Crippen LogP contribution >= 0.6 is 0 Å². The van der Waals surface area contributed by atoms with Gasteiger partial charge in [-0.2, -0.15) is 0 Å². The molecule has 0 aromatic heterocycles. The molecule has 0 N–H and O–H groups in total. The maximum atomic E-state index is 2.34. The largest absolute Gasteiger partial charge is 0.371 e. The fraction of sp³-hybridized carbons (Fsp3) is 0.333. The lowest BCUT2D eigenvalue weighted by Crippen LogP contribution is -2.33. The van der Waals surface area contributed by atoms with Crippen molar-refractivity contribution in [2.24, 2.45) is 5.92 Å². The van der Waals surface area contributed by atoms with Crippen LogP contribution in [0.3, 0.4) is 0 Å². The second-order valence-corrected chi connectivity index (χ2v) is 4.53. The van der Waals surface area contributed by atoms with E-state index in [1.807, 2.05) is 0 Å². The van der Waals surface area contributed by atoms with E-state index < -0.39 is 0 Å². The minimum Gasteiger partial charge on any atom is -0.371 e. The monoisotopic (exact) mass is 213 g/mol. The van der Waals surface area contributed by atoms with E-state index >= 15 is 0 Å². The molecule has 0 aliphatic heterocycles. The predicted molar refractivity (Wildman–Crippen MR) is 70.8 cm³/mol. The summed E-state index contributed by atoms with van der Waals surface area (Å²) in [5.41, 5.74) is 2.59. The third-order valence-corrected chi connectivity index (χ3v) is 3.39. The van der Waals surface area contributed by atoms with Crippen molar-refractivity contribution in [1.82, 2.24) is 0 Å². The van der Waals surface area contributed by atoms with Crippen LogP contribution in [0.15, 0.2) is 48.6 Å². The van der Waals surface area contributed by atoms with Crippen LogP contribution < -0.4 is 4.90 Å². The summed E-state index contributed by atoms with van der Waals surface area (Å²) >= 11 is 0. The lowest BCUT2D eigenvalue weighted by molar-refractivity contribution is 0.601. The molecule has 0 saturated heterocycles. The number of benzene rings is 1. The zero-order chi connectivity index (χ0) is 11.5. The molecule has 1 nitrogen and oxygen atoms in total. The molecule has 0 spiro atoms. The van der Waals surface area contributed by atoms with E-state index in [0.29, 0.717) is 12.0 Å². The van der Waals surface area contributed by atoms with Gasteiger partial charge in [-0.05, 0) is 26.0 Å². The molecule has 1 atom stereocenters. The third kappa shape index (κ3) is 2.19. The quantitative estimate of drug-likeness (QED) is 0.742. The van der Waals surface area contributed by atoms with E-state index in [-0.39, 0.29) is 0 Å². The second-order valence-electron chi connectivity index (χ2n) is 4.53. The van der Waals surface area contributed by atoms with Crippen molar-refractivity contribution in [2.75, 3.05) is 11.9 Å². The van der Waals surface area contributed by atoms with Gasteiger partial charge in [0, 0.05) is 24.7 Å². The molecule has 0 heterocycles. The fourth-order valence-corrected chi connectivity index (χ4v) is 2.04. The fourth-order valence-electron chi connectivity index (χ4n) is 2.04. The van der Waals surface area contributed by atoms with Gasteiger partial charge < -0.3 is 4.90 Å². The Morgan fingerprint density at radius 3 is 2.19 bits per heavy atom. The lowest BCUT2D eigenvalue weighted by Gasteiger charge is -2.30. The molecule has 0 amide bonds. The van der Waals surface area contributed by atoms with Crippen LogP contribution in [-0.2, 0) is 0 Å². The van der Waals surface area contributed by atoms with Crippen LogP contribution in [-0.4, -0.2) is 13.1 Å². The van der Waals surface area contributed by atoms with Crippen LogP contribution in [0.25, 0.3) is 0 Å². The molecule has 0 radical (unpaired) electrons. The zero-order valence-electron chi connectivity index (χ0n) is 10.2. The molecular formula is C15H19N.